The lowest BCUT2D eigenvalue weighted by Crippen LogP contribution is -2.16. The summed E-state index contributed by atoms with van der Waals surface area (Å²) in [5, 5.41) is 14.1. The number of aryl methyl sites for hydroxylation is 2. The van der Waals surface area contributed by atoms with Crippen LogP contribution in [0.4, 0.5) is 5.69 Å². The first-order chi connectivity index (χ1) is 18.0. The van der Waals surface area contributed by atoms with Crippen molar-refractivity contribution in [3.63, 3.8) is 0 Å². The van der Waals surface area contributed by atoms with E-state index in [1.54, 1.807) is 18.3 Å². The molecule has 2 N–H and O–H groups in total. The molecule has 0 atom stereocenters. The fourth-order valence-corrected chi connectivity index (χ4v) is 5.26. The highest BCUT2D eigenvalue weighted by atomic mass is 35.5. The van der Waals surface area contributed by atoms with E-state index in [9.17, 15) is 9.90 Å². The summed E-state index contributed by atoms with van der Waals surface area (Å²) in [6, 6.07) is 15.1. The predicted molar refractivity (Wildman–Crippen MR) is 145 cm³/mol. The Kier molecular flexibility index (Phi) is 7.41. The highest BCUT2D eigenvalue weighted by Crippen LogP contribution is 2.42. The molecule has 0 spiro atoms. The molecule has 2 aromatic carbocycles. The van der Waals surface area contributed by atoms with Crippen LogP contribution in [-0.4, -0.2) is 31.7 Å². The minimum atomic E-state index is -0.155. The summed E-state index contributed by atoms with van der Waals surface area (Å²) in [6.07, 6.45) is 2.95. The second-order valence-electron chi connectivity index (χ2n) is 8.61. The fraction of sp³-hybridized carbons (Fsp3) is 0.214. The minimum Gasteiger partial charge on any atom is -0.436 e. The number of nitrogens with zero attached hydrogens (tertiary/aromatic N) is 3. The zero-order valence-electron chi connectivity index (χ0n) is 20.4. The van der Waals surface area contributed by atoms with Gasteiger partial charge in [-0.25, -0.2) is 4.98 Å². The number of thioether (sulfide) groups is 1. The van der Waals surface area contributed by atoms with Crippen molar-refractivity contribution < 1.29 is 14.6 Å². The lowest BCUT2D eigenvalue weighted by molar-refractivity contribution is -0.113. The van der Waals surface area contributed by atoms with Gasteiger partial charge >= 0.3 is 0 Å². The van der Waals surface area contributed by atoms with Gasteiger partial charge in [0.05, 0.1) is 23.6 Å². The zero-order chi connectivity index (χ0) is 25.9. The molecule has 1 aliphatic heterocycles. The highest BCUT2D eigenvalue weighted by molar-refractivity contribution is 8.00. The average molecular weight is 533 g/mol. The van der Waals surface area contributed by atoms with Gasteiger partial charge in [-0.05, 0) is 37.1 Å². The van der Waals surface area contributed by atoms with E-state index in [4.69, 9.17) is 26.3 Å². The highest BCUT2D eigenvalue weighted by Gasteiger charge is 2.28. The van der Waals surface area contributed by atoms with E-state index < -0.39 is 0 Å². The van der Waals surface area contributed by atoms with Crippen molar-refractivity contribution in [1.29, 1.82) is 0 Å². The molecule has 0 saturated heterocycles. The molecular formula is C28H25ClN4O3S. The van der Waals surface area contributed by atoms with Crippen molar-refractivity contribution in [3.8, 4) is 23.0 Å². The number of fused-ring (bicyclic) bond motifs is 2. The van der Waals surface area contributed by atoms with Crippen LogP contribution in [-0.2, 0) is 24.2 Å². The van der Waals surface area contributed by atoms with E-state index in [-0.39, 0.29) is 18.3 Å². The minimum absolute atomic E-state index is 0.129. The number of halogens is 1. The van der Waals surface area contributed by atoms with Gasteiger partial charge < -0.3 is 15.2 Å². The van der Waals surface area contributed by atoms with Crippen molar-refractivity contribution in [3.05, 3.63) is 87.7 Å². The molecule has 37 heavy (non-hydrogen) atoms. The Hall–Kier alpha value is -3.46. The van der Waals surface area contributed by atoms with Crippen LogP contribution in [0.1, 0.15) is 34.9 Å². The summed E-state index contributed by atoms with van der Waals surface area (Å²) in [7, 11) is 0. The topological polar surface area (TPSA) is 97.2 Å². The van der Waals surface area contributed by atoms with Gasteiger partial charge in [0.15, 0.2) is 11.6 Å². The third-order valence-electron chi connectivity index (χ3n) is 6.15. The summed E-state index contributed by atoms with van der Waals surface area (Å²) in [5.41, 5.74) is 5.66. The Morgan fingerprint density at radius 1 is 1.14 bits per heavy atom. The van der Waals surface area contributed by atoms with E-state index >= 15 is 0 Å². The van der Waals surface area contributed by atoms with E-state index in [0.29, 0.717) is 45.2 Å². The number of para-hydroxylation sites is 1. The first-order valence-electron chi connectivity index (χ1n) is 11.9. The Balaban J connectivity index is 1.49. The summed E-state index contributed by atoms with van der Waals surface area (Å²) >= 11 is 7.55. The summed E-state index contributed by atoms with van der Waals surface area (Å²) in [5.74, 6) is 1.49. The number of ether oxygens (including phenoxy) is 1. The van der Waals surface area contributed by atoms with Crippen LogP contribution in [0.15, 0.2) is 59.8 Å². The Morgan fingerprint density at radius 2 is 1.97 bits per heavy atom. The van der Waals surface area contributed by atoms with Crippen molar-refractivity contribution >= 4 is 35.0 Å². The number of hydrogen-bond donors (Lipinski definition) is 2. The molecule has 188 valence electrons. The fourth-order valence-electron chi connectivity index (χ4n) is 4.24. The van der Waals surface area contributed by atoms with Gasteiger partial charge in [-0.3, -0.25) is 9.78 Å². The lowest BCUT2D eigenvalue weighted by atomic mass is 9.99. The van der Waals surface area contributed by atoms with Gasteiger partial charge in [-0.1, -0.05) is 60.6 Å². The third-order valence-corrected chi connectivity index (χ3v) is 7.41. The van der Waals surface area contributed by atoms with E-state index in [2.05, 4.69) is 17.2 Å². The van der Waals surface area contributed by atoms with Gasteiger partial charge in [0.2, 0.25) is 11.8 Å². The average Bonchev–Trinajstić information content (AvgIpc) is 2.91. The molecule has 0 aliphatic carbocycles. The van der Waals surface area contributed by atoms with Crippen molar-refractivity contribution in [1.82, 2.24) is 15.0 Å². The van der Waals surface area contributed by atoms with Crippen LogP contribution in [0.5, 0.6) is 11.6 Å². The molecule has 2 aromatic heterocycles. The quantitative estimate of drug-likeness (QED) is 0.196. The molecule has 0 bridgehead atoms. The normalized spacial score (nSPS) is 11.9. The van der Waals surface area contributed by atoms with Gasteiger partial charge in [-0.2, -0.15) is 4.98 Å². The SMILES string of the molecule is CCc1ccccc1NC(=O)CSc1nc(-c2cccc(Cl)c2)nc2c1Cc1c(CO)cnc(C)c1O2. The van der Waals surface area contributed by atoms with Gasteiger partial charge in [0.1, 0.15) is 5.03 Å². The van der Waals surface area contributed by atoms with Crippen LogP contribution in [0.2, 0.25) is 5.02 Å². The molecular weight excluding hydrogens is 508 g/mol. The molecule has 0 saturated carbocycles. The van der Waals surface area contributed by atoms with E-state index in [1.165, 1.54) is 11.8 Å². The number of aliphatic hydroxyl groups is 1. The second-order valence-corrected chi connectivity index (χ2v) is 10.0. The second kappa shape index (κ2) is 10.9. The van der Waals surface area contributed by atoms with E-state index in [0.717, 1.165) is 34.4 Å². The first-order valence-corrected chi connectivity index (χ1v) is 13.3. The number of benzene rings is 2. The number of anilines is 1. The summed E-state index contributed by atoms with van der Waals surface area (Å²) in [4.78, 5) is 26.8. The molecule has 4 aromatic rings. The monoisotopic (exact) mass is 532 g/mol. The van der Waals surface area contributed by atoms with Crippen LogP contribution in [0.3, 0.4) is 0 Å². The third kappa shape index (κ3) is 5.32. The van der Waals surface area contributed by atoms with Crippen LogP contribution < -0.4 is 10.1 Å². The van der Waals surface area contributed by atoms with Crippen LogP contribution in [0.25, 0.3) is 11.4 Å². The molecule has 7 nitrogen and oxygen atoms in total. The molecule has 3 heterocycles. The largest absolute Gasteiger partial charge is 0.436 e. The molecule has 0 unspecified atom stereocenters. The van der Waals surface area contributed by atoms with Crippen molar-refractivity contribution in [2.24, 2.45) is 0 Å². The summed E-state index contributed by atoms with van der Waals surface area (Å²) < 4.78 is 6.24. The maximum Gasteiger partial charge on any atom is 0.234 e. The molecule has 1 amide bonds. The van der Waals surface area contributed by atoms with Crippen molar-refractivity contribution in [2.45, 2.75) is 38.3 Å². The molecule has 5 rings (SSSR count). The lowest BCUT2D eigenvalue weighted by Gasteiger charge is -2.24. The number of nitrogens with one attached hydrogen (secondary N) is 1. The summed E-state index contributed by atoms with van der Waals surface area (Å²) in [6.45, 7) is 3.76. The first kappa shape index (κ1) is 25.2. The standard InChI is InChI=1S/C28H25ClN4O3S/c1-3-17-7-4-5-10-23(17)31-24(35)15-37-28-22-12-21-19(14-34)13-30-16(2)25(21)36-27(22)32-26(33-28)18-8-6-9-20(29)11-18/h4-11,13,34H,3,12,14-15H2,1-2H3,(H,31,35). The van der Waals surface area contributed by atoms with Gasteiger partial charge in [0.25, 0.3) is 0 Å². The smallest absolute Gasteiger partial charge is 0.234 e. The molecule has 0 radical (unpaired) electrons. The van der Waals surface area contributed by atoms with Gasteiger partial charge in [0, 0.05) is 40.0 Å². The predicted octanol–water partition coefficient (Wildman–Crippen LogP) is 5.98. The number of carbonyl (C=O) groups excluding carboxylic acids is 1. The number of amides is 1. The van der Waals surface area contributed by atoms with Gasteiger partial charge in [-0.15, -0.1) is 0 Å². The number of aromatic nitrogens is 3. The van der Waals surface area contributed by atoms with E-state index in [1.807, 2.05) is 43.3 Å². The maximum absolute atomic E-state index is 12.9. The molecule has 9 heteroatoms. The molecule has 0 fully saturated rings. The number of pyridine rings is 1. The number of aliphatic hydroxyl groups excluding tert-OH is 1. The van der Waals surface area contributed by atoms with Crippen molar-refractivity contribution in [2.75, 3.05) is 11.1 Å². The number of hydrogen-bond acceptors (Lipinski definition) is 7. The Labute approximate surface area is 224 Å². The maximum atomic E-state index is 12.9. The van der Waals surface area contributed by atoms with Crippen LogP contribution in [0, 0.1) is 6.92 Å². The Morgan fingerprint density at radius 3 is 2.76 bits per heavy atom. The zero-order valence-corrected chi connectivity index (χ0v) is 22.0. The van der Waals surface area contributed by atoms with Crippen LogP contribution >= 0.6 is 23.4 Å². The number of rotatable bonds is 7. The molecule has 1 aliphatic rings. The number of carbonyl (C=O) groups is 1. The Bertz CT molecular complexity index is 1490.